The van der Waals surface area contributed by atoms with Crippen LogP contribution in [0.25, 0.3) is 0 Å². The van der Waals surface area contributed by atoms with Crippen molar-refractivity contribution >= 4 is 5.82 Å². The van der Waals surface area contributed by atoms with Gasteiger partial charge in [-0.2, -0.15) is 5.26 Å². The maximum absolute atomic E-state index is 9.83. The molecular weight excluding hydrogens is 324 g/mol. The molecule has 0 aliphatic carbocycles. The van der Waals surface area contributed by atoms with Crippen LogP contribution in [0.1, 0.15) is 69.8 Å². The van der Waals surface area contributed by atoms with E-state index in [-0.39, 0.29) is 5.60 Å². The number of nitrogens with zero attached hydrogens (tertiary/aromatic N) is 3. The number of fused-ring (bicyclic) bond motifs is 1. The lowest BCUT2D eigenvalue weighted by atomic mass is 9.87. The summed E-state index contributed by atoms with van der Waals surface area (Å²) in [6.07, 6.45) is 3.94. The molecule has 2 heterocycles. The van der Waals surface area contributed by atoms with Crippen LogP contribution >= 0.6 is 0 Å². The number of aryl methyl sites for hydroxylation is 1. The molecule has 0 unspecified atom stereocenters. The first-order chi connectivity index (χ1) is 12.5. The van der Waals surface area contributed by atoms with Gasteiger partial charge in [0.1, 0.15) is 11.9 Å². The van der Waals surface area contributed by atoms with E-state index in [4.69, 9.17) is 9.72 Å². The molecule has 2 rings (SSSR count). The van der Waals surface area contributed by atoms with E-state index in [2.05, 4.69) is 50.9 Å². The lowest BCUT2D eigenvalue weighted by Gasteiger charge is -2.34. The van der Waals surface area contributed by atoms with Gasteiger partial charge in [0.25, 0.3) is 0 Å². The lowest BCUT2D eigenvalue weighted by Crippen LogP contribution is -2.34. The first-order valence-corrected chi connectivity index (χ1v) is 10.0. The van der Waals surface area contributed by atoms with E-state index in [9.17, 15) is 5.26 Å². The summed E-state index contributed by atoms with van der Waals surface area (Å²) >= 11 is 0. The van der Waals surface area contributed by atoms with Crippen molar-refractivity contribution in [1.82, 2.24) is 9.88 Å². The molecule has 26 heavy (non-hydrogen) atoms. The van der Waals surface area contributed by atoms with E-state index in [0.29, 0.717) is 12.2 Å². The number of likely N-dealkylation sites (N-methyl/N-ethyl adjacent to an activating group) is 1. The molecule has 0 amide bonds. The van der Waals surface area contributed by atoms with E-state index in [1.807, 2.05) is 0 Å². The molecule has 1 aliphatic heterocycles. The summed E-state index contributed by atoms with van der Waals surface area (Å²) in [5, 5.41) is 13.3. The van der Waals surface area contributed by atoms with Crippen molar-refractivity contribution in [3.8, 4) is 6.07 Å². The first kappa shape index (κ1) is 20.7. The fraction of sp³-hybridized carbons (Fsp3) is 0.714. The number of pyridine rings is 1. The van der Waals surface area contributed by atoms with Gasteiger partial charge in [-0.05, 0) is 45.3 Å². The highest BCUT2D eigenvalue weighted by Crippen LogP contribution is 2.34. The van der Waals surface area contributed by atoms with Crippen molar-refractivity contribution in [3.63, 3.8) is 0 Å². The number of ether oxygens (including phenoxy) is 1. The first-order valence-electron chi connectivity index (χ1n) is 10.0. The summed E-state index contributed by atoms with van der Waals surface area (Å²) < 4.78 is 6.02. The van der Waals surface area contributed by atoms with Gasteiger partial charge in [0.15, 0.2) is 0 Å². The Morgan fingerprint density at radius 1 is 1.23 bits per heavy atom. The summed E-state index contributed by atoms with van der Waals surface area (Å²) in [4.78, 5) is 7.23. The van der Waals surface area contributed by atoms with Crippen LogP contribution in [0.4, 0.5) is 5.82 Å². The Labute approximate surface area is 158 Å². The number of unbranched alkanes of at least 4 members (excludes halogenated alkanes) is 1. The topological polar surface area (TPSA) is 61.2 Å². The Morgan fingerprint density at radius 2 is 1.96 bits per heavy atom. The Balaban J connectivity index is 2.33. The number of hydrogen-bond donors (Lipinski definition) is 1. The zero-order chi connectivity index (χ0) is 19.2. The van der Waals surface area contributed by atoms with Gasteiger partial charge in [-0.15, -0.1) is 0 Å². The number of aromatic nitrogens is 1. The molecule has 0 bridgehead atoms. The SMILES string of the molecule is CCCCc1nc(NCCN(CC)CC)c(C#N)c2c1COC(C)(C)C2. The zero-order valence-corrected chi connectivity index (χ0v) is 17.1. The van der Waals surface area contributed by atoms with E-state index in [1.54, 1.807) is 0 Å². The van der Waals surface area contributed by atoms with Crippen molar-refractivity contribution in [2.75, 3.05) is 31.5 Å². The molecule has 1 N–H and O–H groups in total. The van der Waals surface area contributed by atoms with Crippen LogP contribution in [0.3, 0.4) is 0 Å². The second-order valence-corrected chi connectivity index (χ2v) is 7.63. The summed E-state index contributed by atoms with van der Waals surface area (Å²) in [6, 6.07) is 2.42. The van der Waals surface area contributed by atoms with Crippen LogP contribution in [-0.4, -0.2) is 41.7 Å². The maximum Gasteiger partial charge on any atom is 0.144 e. The minimum atomic E-state index is -0.236. The van der Waals surface area contributed by atoms with Gasteiger partial charge in [0.05, 0.1) is 17.8 Å². The van der Waals surface area contributed by atoms with Crippen LogP contribution in [0.15, 0.2) is 0 Å². The van der Waals surface area contributed by atoms with Crippen molar-refractivity contribution in [2.45, 2.75) is 72.5 Å². The molecule has 0 fully saturated rings. The molecule has 1 aromatic heterocycles. The Kier molecular flexibility index (Phi) is 7.43. The Morgan fingerprint density at radius 3 is 2.58 bits per heavy atom. The molecular formula is C21H34N4O. The largest absolute Gasteiger partial charge is 0.370 e. The van der Waals surface area contributed by atoms with Crippen molar-refractivity contribution in [1.29, 1.82) is 5.26 Å². The average Bonchev–Trinajstić information content (AvgIpc) is 2.62. The normalized spacial score (nSPS) is 15.6. The number of nitriles is 1. The van der Waals surface area contributed by atoms with Gasteiger partial charge in [-0.3, -0.25) is 0 Å². The van der Waals surface area contributed by atoms with Gasteiger partial charge in [0.2, 0.25) is 0 Å². The molecule has 0 atom stereocenters. The van der Waals surface area contributed by atoms with Crippen molar-refractivity contribution < 1.29 is 4.74 Å². The van der Waals surface area contributed by atoms with Crippen LogP contribution in [0, 0.1) is 11.3 Å². The molecule has 1 aliphatic rings. The standard InChI is InChI=1S/C21H34N4O/c1-6-9-10-19-18-15-26-21(4,5)13-16(18)17(14-22)20(24-19)23-11-12-25(7-2)8-3/h6-13,15H2,1-5H3,(H,23,24). The molecule has 0 radical (unpaired) electrons. The molecule has 0 aromatic carbocycles. The molecule has 0 spiro atoms. The number of nitrogens with one attached hydrogen (secondary N) is 1. The fourth-order valence-electron chi connectivity index (χ4n) is 3.51. The number of hydrogen-bond acceptors (Lipinski definition) is 5. The second kappa shape index (κ2) is 9.34. The third-order valence-corrected chi connectivity index (χ3v) is 5.20. The Hall–Kier alpha value is -1.64. The van der Waals surface area contributed by atoms with Crippen molar-refractivity contribution in [2.24, 2.45) is 0 Å². The summed E-state index contributed by atoms with van der Waals surface area (Å²) in [5.74, 6) is 0.752. The third-order valence-electron chi connectivity index (χ3n) is 5.20. The monoisotopic (exact) mass is 358 g/mol. The van der Waals surface area contributed by atoms with E-state index < -0.39 is 0 Å². The minimum Gasteiger partial charge on any atom is -0.370 e. The highest BCUT2D eigenvalue weighted by atomic mass is 16.5. The highest BCUT2D eigenvalue weighted by molar-refractivity contribution is 5.60. The molecule has 5 nitrogen and oxygen atoms in total. The Bertz CT molecular complexity index is 644. The molecule has 1 aromatic rings. The van der Waals surface area contributed by atoms with E-state index in [1.165, 1.54) is 0 Å². The number of anilines is 1. The molecule has 5 heteroatoms. The van der Waals surface area contributed by atoms with Crippen LogP contribution in [-0.2, 0) is 24.2 Å². The van der Waals surface area contributed by atoms with Gasteiger partial charge in [-0.1, -0.05) is 27.2 Å². The van der Waals surface area contributed by atoms with Crippen LogP contribution in [0.5, 0.6) is 0 Å². The van der Waals surface area contributed by atoms with Crippen LogP contribution in [0.2, 0.25) is 0 Å². The summed E-state index contributed by atoms with van der Waals surface area (Å²) in [7, 11) is 0. The minimum absolute atomic E-state index is 0.236. The summed E-state index contributed by atoms with van der Waals surface area (Å²) in [6.45, 7) is 15.1. The second-order valence-electron chi connectivity index (χ2n) is 7.63. The average molecular weight is 359 g/mol. The van der Waals surface area contributed by atoms with Gasteiger partial charge >= 0.3 is 0 Å². The highest BCUT2D eigenvalue weighted by Gasteiger charge is 2.31. The predicted octanol–water partition coefficient (Wildman–Crippen LogP) is 3.90. The van der Waals surface area contributed by atoms with E-state index in [0.717, 1.165) is 74.5 Å². The smallest absolute Gasteiger partial charge is 0.144 e. The lowest BCUT2D eigenvalue weighted by molar-refractivity contribution is -0.0407. The summed E-state index contributed by atoms with van der Waals surface area (Å²) in [5.41, 5.74) is 3.84. The quantitative estimate of drug-likeness (QED) is 0.725. The van der Waals surface area contributed by atoms with Crippen molar-refractivity contribution in [3.05, 3.63) is 22.4 Å². The molecule has 0 saturated heterocycles. The maximum atomic E-state index is 9.83. The number of rotatable bonds is 9. The van der Waals surface area contributed by atoms with Gasteiger partial charge in [-0.25, -0.2) is 4.98 Å². The van der Waals surface area contributed by atoms with Gasteiger partial charge in [0, 0.05) is 30.8 Å². The fourth-order valence-corrected chi connectivity index (χ4v) is 3.51. The third kappa shape index (κ3) is 4.96. The van der Waals surface area contributed by atoms with Gasteiger partial charge < -0.3 is 15.0 Å². The zero-order valence-electron chi connectivity index (χ0n) is 17.1. The molecule has 0 saturated carbocycles. The molecule has 144 valence electrons. The van der Waals surface area contributed by atoms with Crippen LogP contribution < -0.4 is 5.32 Å². The van der Waals surface area contributed by atoms with E-state index >= 15 is 0 Å². The predicted molar refractivity (Wildman–Crippen MR) is 106 cm³/mol.